The van der Waals surface area contributed by atoms with Crippen LogP contribution in [0.3, 0.4) is 0 Å². The molecule has 1 amide bonds. The highest BCUT2D eigenvalue weighted by atomic mass is 19.4. The molecule has 1 aliphatic rings. The van der Waals surface area contributed by atoms with Gasteiger partial charge in [-0.1, -0.05) is 0 Å². The average Bonchev–Trinajstić information content (AvgIpc) is 2.39. The van der Waals surface area contributed by atoms with Gasteiger partial charge in [-0.25, -0.2) is 9.97 Å². The van der Waals surface area contributed by atoms with Gasteiger partial charge in [-0.15, -0.1) is 0 Å². The van der Waals surface area contributed by atoms with Crippen LogP contribution >= 0.6 is 0 Å². The van der Waals surface area contributed by atoms with Crippen molar-refractivity contribution in [3.05, 3.63) is 12.4 Å². The summed E-state index contributed by atoms with van der Waals surface area (Å²) < 4.78 is 41.5. The van der Waals surface area contributed by atoms with Crippen LogP contribution in [-0.4, -0.2) is 48.4 Å². The monoisotopic (exact) mass is 276 g/mol. The number of rotatable bonds is 2. The van der Waals surface area contributed by atoms with Gasteiger partial charge < -0.3 is 15.0 Å². The Morgan fingerprint density at radius 3 is 2.63 bits per heavy atom. The maximum absolute atomic E-state index is 12.1. The van der Waals surface area contributed by atoms with Crippen LogP contribution in [0.15, 0.2) is 12.4 Å². The first-order valence-electron chi connectivity index (χ1n) is 5.50. The Morgan fingerprint density at radius 1 is 1.32 bits per heavy atom. The number of nitrogens with one attached hydrogen (secondary N) is 1. The summed E-state index contributed by atoms with van der Waals surface area (Å²) >= 11 is 0. The Morgan fingerprint density at radius 2 is 2.00 bits per heavy atom. The topological polar surface area (TPSA) is 67.4 Å². The molecule has 1 aromatic heterocycles. The molecule has 0 radical (unpaired) electrons. The molecule has 2 heterocycles. The lowest BCUT2D eigenvalue weighted by atomic mass is 10.4. The fraction of sp³-hybridized carbons (Fsp3) is 0.500. The third-order valence-corrected chi connectivity index (χ3v) is 2.49. The van der Waals surface area contributed by atoms with Gasteiger partial charge in [-0.05, 0) is 0 Å². The van der Waals surface area contributed by atoms with Gasteiger partial charge in [0.2, 0.25) is 0 Å². The van der Waals surface area contributed by atoms with E-state index in [1.165, 1.54) is 6.07 Å². The molecule has 1 aliphatic heterocycles. The van der Waals surface area contributed by atoms with Crippen molar-refractivity contribution in [3.8, 4) is 0 Å². The number of hydrogen-bond donors (Lipinski definition) is 1. The summed E-state index contributed by atoms with van der Waals surface area (Å²) in [7, 11) is 0. The molecule has 1 saturated heterocycles. The Balaban J connectivity index is 2.08. The third-order valence-electron chi connectivity index (χ3n) is 2.49. The summed E-state index contributed by atoms with van der Waals surface area (Å²) in [6.07, 6.45) is -3.83. The van der Waals surface area contributed by atoms with Crippen LogP contribution in [0.1, 0.15) is 0 Å². The van der Waals surface area contributed by atoms with Gasteiger partial charge >= 0.3 is 12.1 Å². The molecule has 0 bridgehead atoms. The molecular weight excluding hydrogens is 265 g/mol. The van der Waals surface area contributed by atoms with E-state index in [0.29, 0.717) is 32.1 Å². The number of anilines is 2. The molecule has 6 nitrogen and oxygen atoms in total. The van der Waals surface area contributed by atoms with Crippen LogP contribution < -0.4 is 10.2 Å². The standard InChI is InChI=1S/C10H11F3N4O2/c11-10(12,13)9(18)16-7-5-8(15-6-14-7)17-1-3-19-4-2-17/h5-6H,1-4H2,(H,14,15,16,18). The third kappa shape index (κ3) is 3.53. The van der Waals surface area contributed by atoms with Crippen LogP contribution in [0.2, 0.25) is 0 Å². The normalized spacial score (nSPS) is 16.3. The Labute approximate surface area is 106 Å². The van der Waals surface area contributed by atoms with Crippen LogP contribution in [0.5, 0.6) is 0 Å². The van der Waals surface area contributed by atoms with E-state index in [-0.39, 0.29) is 5.82 Å². The molecule has 19 heavy (non-hydrogen) atoms. The average molecular weight is 276 g/mol. The van der Waals surface area contributed by atoms with Crippen molar-refractivity contribution in [3.63, 3.8) is 0 Å². The van der Waals surface area contributed by atoms with E-state index in [9.17, 15) is 18.0 Å². The number of aromatic nitrogens is 2. The van der Waals surface area contributed by atoms with Crippen molar-refractivity contribution >= 4 is 17.5 Å². The van der Waals surface area contributed by atoms with E-state index in [4.69, 9.17) is 4.74 Å². The van der Waals surface area contributed by atoms with Crippen LogP contribution in [0.4, 0.5) is 24.8 Å². The number of morpholine rings is 1. The van der Waals surface area contributed by atoms with Gasteiger partial charge in [0.15, 0.2) is 0 Å². The number of amides is 1. The molecule has 104 valence electrons. The molecular formula is C10H11F3N4O2. The van der Waals surface area contributed by atoms with E-state index in [1.807, 2.05) is 4.90 Å². The van der Waals surface area contributed by atoms with Gasteiger partial charge in [0.25, 0.3) is 0 Å². The molecule has 0 unspecified atom stereocenters. The SMILES string of the molecule is O=C(Nc1cc(N2CCOCC2)ncn1)C(F)(F)F. The van der Waals surface area contributed by atoms with Gasteiger partial charge in [-0.2, -0.15) is 13.2 Å². The van der Waals surface area contributed by atoms with Crippen LogP contribution in [-0.2, 0) is 9.53 Å². The largest absolute Gasteiger partial charge is 0.471 e. The van der Waals surface area contributed by atoms with E-state index in [1.54, 1.807) is 5.32 Å². The zero-order valence-corrected chi connectivity index (χ0v) is 9.78. The predicted molar refractivity (Wildman–Crippen MR) is 59.7 cm³/mol. The lowest BCUT2D eigenvalue weighted by molar-refractivity contribution is -0.167. The maximum Gasteiger partial charge on any atom is 0.471 e. The molecule has 1 aromatic rings. The second-order valence-corrected chi connectivity index (χ2v) is 3.81. The number of nitrogens with zero attached hydrogens (tertiary/aromatic N) is 3. The number of ether oxygens (including phenoxy) is 1. The number of hydrogen-bond acceptors (Lipinski definition) is 5. The summed E-state index contributed by atoms with van der Waals surface area (Å²) in [5.74, 6) is -1.78. The van der Waals surface area contributed by atoms with Gasteiger partial charge in [0.05, 0.1) is 13.2 Å². The fourth-order valence-corrected chi connectivity index (χ4v) is 1.57. The lowest BCUT2D eigenvalue weighted by Gasteiger charge is -2.27. The summed E-state index contributed by atoms with van der Waals surface area (Å²) in [5, 5.41) is 1.69. The smallest absolute Gasteiger partial charge is 0.378 e. The lowest BCUT2D eigenvalue weighted by Crippen LogP contribution is -2.37. The highest BCUT2D eigenvalue weighted by molar-refractivity contribution is 5.94. The molecule has 2 rings (SSSR count). The maximum atomic E-state index is 12.1. The molecule has 0 spiro atoms. The number of alkyl halides is 3. The number of carbonyl (C=O) groups is 1. The summed E-state index contributed by atoms with van der Waals surface area (Å²) in [5.41, 5.74) is 0. The minimum absolute atomic E-state index is 0.182. The van der Waals surface area contributed by atoms with E-state index in [0.717, 1.165) is 6.33 Å². The first-order valence-corrected chi connectivity index (χ1v) is 5.50. The highest BCUT2D eigenvalue weighted by Gasteiger charge is 2.39. The number of carbonyl (C=O) groups excluding carboxylic acids is 1. The molecule has 9 heteroatoms. The molecule has 1 fully saturated rings. The van der Waals surface area contributed by atoms with Gasteiger partial charge in [0.1, 0.15) is 18.0 Å². The van der Waals surface area contributed by atoms with Crippen LogP contribution in [0.25, 0.3) is 0 Å². The zero-order chi connectivity index (χ0) is 13.9. The first-order chi connectivity index (χ1) is 8.97. The quantitative estimate of drug-likeness (QED) is 0.866. The molecule has 0 aliphatic carbocycles. The predicted octanol–water partition coefficient (Wildman–Crippen LogP) is 0.814. The minimum Gasteiger partial charge on any atom is -0.378 e. The van der Waals surface area contributed by atoms with Crippen molar-refractivity contribution in [1.82, 2.24) is 9.97 Å². The first kappa shape index (κ1) is 13.5. The Bertz CT molecular complexity index is 460. The summed E-state index contributed by atoms with van der Waals surface area (Å²) in [4.78, 5) is 20.2. The number of halogens is 3. The molecule has 0 aromatic carbocycles. The van der Waals surface area contributed by atoms with E-state index < -0.39 is 12.1 Å². The fourth-order valence-electron chi connectivity index (χ4n) is 1.57. The van der Waals surface area contributed by atoms with Crippen molar-refractivity contribution in [2.45, 2.75) is 6.18 Å². The summed E-state index contributed by atoms with van der Waals surface area (Å²) in [6.45, 7) is 2.22. The zero-order valence-electron chi connectivity index (χ0n) is 9.78. The Hall–Kier alpha value is -1.90. The van der Waals surface area contributed by atoms with Crippen molar-refractivity contribution in [1.29, 1.82) is 0 Å². The van der Waals surface area contributed by atoms with Crippen molar-refractivity contribution < 1.29 is 22.7 Å². The molecule has 0 saturated carbocycles. The second-order valence-electron chi connectivity index (χ2n) is 3.81. The second kappa shape index (κ2) is 5.39. The summed E-state index contributed by atoms with van der Waals surface area (Å²) in [6, 6.07) is 1.30. The van der Waals surface area contributed by atoms with E-state index >= 15 is 0 Å². The van der Waals surface area contributed by atoms with Crippen molar-refractivity contribution in [2.75, 3.05) is 36.5 Å². The molecule has 0 atom stereocenters. The van der Waals surface area contributed by atoms with Gasteiger partial charge in [0, 0.05) is 19.2 Å². The van der Waals surface area contributed by atoms with Crippen LogP contribution in [0, 0.1) is 0 Å². The van der Waals surface area contributed by atoms with Gasteiger partial charge in [-0.3, -0.25) is 4.79 Å². The minimum atomic E-state index is -4.94. The molecule has 1 N–H and O–H groups in total. The highest BCUT2D eigenvalue weighted by Crippen LogP contribution is 2.19. The van der Waals surface area contributed by atoms with E-state index in [2.05, 4.69) is 9.97 Å². The Kier molecular flexibility index (Phi) is 3.84. The van der Waals surface area contributed by atoms with Crippen molar-refractivity contribution in [2.24, 2.45) is 0 Å².